The SMILES string of the molecule is CCCNC[C@]1(O)CN(C(=O)Cc2ccccc2)CC[C@H]1O. The third-order valence-electron chi connectivity index (χ3n) is 4.17. The van der Waals surface area contributed by atoms with E-state index in [-0.39, 0.29) is 12.5 Å². The van der Waals surface area contributed by atoms with Gasteiger partial charge < -0.3 is 20.4 Å². The predicted octanol–water partition coefficient (Wildman–Crippen LogP) is 0.553. The van der Waals surface area contributed by atoms with Gasteiger partial charge in [0.15, 0.2) is 0 Å². The molecule has 0 bridgehead atoms. The molecule has 3 N–H and O–H groups in total. The Morgan fingerprint density at radius 2 is 2.14 bits per heavy atom. The molecule has 1 fully saturated rings. The number of amides is 1. The average molecular weight is 306 g/mol. The summed E-state index contributed by atoms with van der Waals surface area (Å²) >= 11 is 0. The lowest BCUT2D eigenvalue weighted by Gasteiger charge is -2.43. The number of hydrogen-bond donors (Lipinski definition) is 3. The first-order chi connectivity index (χ1) is 10.5. The van der Waals surface area contributed by atoms with E-state index >= 15 is 0 Å². The van der Waals surface area contributed by atoms with Gasteiger partial charge in [0.1, 0.15) is 5.60 Å². The Kier molecular flexibility index (Phi) is 5.94. The van der Waals surface area contributed by atoms with Crippen molar-refractivity contribution in [2.45, 2.75) is 37.9 Å². The van der Waals surface area contributed by atoms with Crippen molar-refractivity contribution in [2.75, 3.05) is 26.2 Å². The fourth-order valence-corrected chi connectivity index (χ4v) is 2.81. The standard InChI is InChI=1S/C17H26N2O3/c1-2-9-18-12-17(22)13-19(10-8-15(17)20)16(21)11-14-6-4-3-5-7-14/h3-7,15,18,20,22H,2,8-13H2,1H3/t15-,17+/m1/s1. The van der Waals surface area contributed by atoms with Crippen LogP contribution in [0, 0.1) is 0 Å². The Morgan fingerprint density at radius 3 is 2.82 bits per heavy atom. The number of aliphatic hydroxyl groups excluding tert-OH is 1. The van der Waals surface area contributed by atoms with Crippen molar-refractivity contribution < 1.29 is 15.0 Å². The summed E-state index contributed by atoms with van der Waals surface area (Å²) in [6, 6.07) is 9.59. The van der Waals surface area contributed by atoms with Crippen LogP contribution >= 0.6 is 0 Å². The zero-order valence-electron chi connectivity index (χ0n) is 13.2. The van der Waals surface area contributed by atoms with Crippen molar-refractivity contribution in [3.05, 3.63) is 35.9 Å². The highest BCUT2D eigenvalue weighted by molar-refractivity contribution is 5.79. The van der Waals surface area contributed by atoms with Crippen LogP contribution in [0.5, 0.6) is 0 Å². The zero-order chi connectivity index (χ0) is 16.0. The Morgan fingerprint density at radius 1 is 1.41 bits per heavy atom. The van der Waals surface area contributed by atoms with E-state index in [9.17, 15) is 15.0 Å². The number of carbonyl (C=O) groups excluding carboxylic acids is 1. The highest BCUT2D eigenvalue weighted by Crippen LogP contribution is 2.22. The van der Waals surface area contributed by atoms with E-state index in [0.717, 1.165) is 18.5 Å². The molecule has 0 radical (unpaired) electrons. The molecular formula is C17H26N2O3. The van der Waals surface area contributed by atoms with Gasteiger partial charge in [0.2, 0.25) is 5.91 Å². The number of aliphatic hydroxyl groups is 2. The van der Waals surface area contributed by atoms with Gasteiger partial charge in [-0.05, 0) is 24.9 Å². The van der Waals surface area contributed by atoms with E-state index in [1.54, 1.807) is 4.90 Å². The molecule has 2 rings (SSSR count). The van der Waals surface area contributed by atoms with Gasteiger partial charge in [0.25, 0.3) is 0 Å². The monoisotopic (exact) mass is 306 g/mol. The van der Waals surface area contributed by atoms with Crippen molar-refractivity contribution in [2.24, 2.45) is 0 Å². The normalized spacial score (nSPS) is 25.2. The van der Waals surface area contributed by atoms with Crippen molar-refractivity contribution >= 4 is 5.91 Å². The van der Waals surface area contributed by atoms with E-state index in [4.69, 9.17) is 0 Å². The molecule has 2 atom stereocenters. The fraction of sp³-hybridized carbons (Fsp3) is 0.588. The third kappa shape index (κ3) is 4.29. The lowest BCUT2D eigenvalue weighted by Crippen LogP contribution is -2.62. The minimum absolute atomic E-state index is 0.00739. The summed E-state index contributed by atoms with van der Waals surface area (Å²) in [5.41, 5.74) is -0.300. The number of likely N-dealkylation sites (tertiary alicyclic amines) is 1. The summed E-state index contributed by atoms with van der Waals surface area (Å²) in [5.74, 6) is -0.00739. The molecule has 1 amide bonds. The average Bonchev–Trinajstić information content (AvgIpc) is 2.51. The molecule has 5 nitrogen and oxygen atoms in total. The van der Waals surface area contributed by atoms with Gasteiger partial charge in [-0.15, -0.1) is 0 Å². The summed E-state index contributed by atoms with van der Waals surface area (Å²) in [5, 5.41) is 23.9. The second kappa shape index (κ2) is 7.72. The number of rotatable bonds is 6. The fourth-order valence-electron chi connectivity index (χ4n) is 2.81. The lowest BCUT2D eigenvalue weighted by molar-refractivity contribution is -0.150. The number of nitrogens with one attached hydrogen (secondary N) is 1. The molecule has 1 aromatic carbocycles. The van der Waals surface area contributed by atoms with Gasteiger partial charge in [0, 0.05) is 13.1 Å². The van der Waals surface area contributed by atoms with Gasteiger partial charge in [-0.25, -0.2) is 0 Å². The van der Waals surface area contributed by atoms with Crippen LogP contribution in [0.1, 0.15) is 25.3 Å². The van der Waals surface area contributed by atoms with Crippen molar-refractivity contribution in [1.29, 1.82) is 0 Å². The molecule has 0 aromatic heterocycles. The number of hydrogen-bond acceptors (Lipinski definition) is 4. The second-order valence-electron chi connectivity index (χ2n) is 6.06. The van der Waals surface area contributed by atoms with E-state index in [1.807, 2.05) is 37.3 Å². The van der Waals surface area contributed by atoms with E-state index in [2.05, 4.69) is 5.32 Å². The molecule has 0 unspecified atom stereocenters. The minimum atomic E-state index is -1.26. The second-order valence-corrected chi connectivity index (χ2v) is 6.06. The van der Waals surface area contributed by atoms with E-state index in [1.165, 1.54) is 0 Å². The molecule has 1 aliphatic rings. The van der Waals surface area contributed by atoms with Crippen LogP contribution in [0.25, 0.3) is 0 Å². The molecule has 0 aliphatic carbocycles. The molecule has 122 valence electrons. The van der Waals surface area contributed by atoms with Gasteiger partial charge in [-0.3, -0.25) is 4.79 Å². The summed E-state index contributed by atoms with van der Waals surface area (Å²) < 4.78 is 0. The molecule has 22 heavy (non-hydrogen) atoms. The van der Waals surface area contributed by atoms with Crippen LogP contribution in [0.4, 0.5) is 0 Å². The van der Waals surface area contributed by atoms with Gasteiger partial charge in [0.05, 0.1) is 19.1 Å². The van der Waals surface area contributed by atoms with Crippen LogP contribution in [0.2, 0.25) is 0 Å². The molecule has 1 aromatic rings. The quantitative estimate of drug-likeness (QED) is 0.671. The molecule has 0 saturated carbocycles. The number of β-amino-alcohol motifs (C(OH)–C–C–N with tert-alkyl or cyclic N) is 1. The van der Waals surface area contributed by atoms with Crippen molar-refractivity contribution in [3.63, 3.8) is 0 Å². The van der Waals surface area contributed by atoms with Gasteiger partial charge in [-0.2, -0.15) is 0 Å². The maximum absolute atomic E-state index is 12.4. The van der Waals surface area contributed by atoms with Crippen LogP contribution in [-0.2, 0) is 11.2 Å². The zero-order valence-corrected chi connectivity index (χ0v) is 13.2. The van der Waals surface area contributed by atoms with Crippen LogP contribution in [0.15, 0.2) is 30.3 Å². The lowest BCUT2D eigenvalue weighted by atomic mass is 9.89. The van der Waals surface area contributed by atoms with Crippen molar-refractivity contribution in [3.8, 4) is 0 Å². The first kappa shape index (κ1) is 16.9. The Hall–Kier alpha value is -1.43. The summed E-state index contributed by atoms with van der Waals surface area (Å²) in [4.78, 5) is 14.1. The maximum Gasteiger partial charge on any atom is 0.227 e. The highest BCUT2D eigenvalue weighted by atomic mass is 16.3. The molecule has 1 saturated heterocycles. The number of nitrogens with zero attached hydrogens (tertiary/aromatic N) is 1. The summed E-state index contributed by atoms with van der Waals surface area (Å²) in [6.45, 7) is 3.80. The topological polar surface area (TPSA) is 72.8 Å². The Bertz CT molecular complexity index is 480. The minimum Gasteiger partial charge on any atom is -0.390 e. The summed E-state index contributed by atoms with van der Waals surface area (Å²) in [7, 11) is 0. The first-order valence-electron chi connectivity index (χ1n) is 7.98. The molecule has 1 aliphatic heterocycles. The van der Waals surface area contributed by atoms with Gasteiger partial charge >= 0.3 is 0 Å². The predicted molar refractivity (Wildman–Crippen MR) is 85.5 cm³/mol. The molecule has 0 spiro atoms. The first-order valence-corrected chi connectivity index (χ1v) is 7.98. The Balaban J connectivity index is 1.95. The van der Waals surface area contributed by atoms with Crippen LogP contribution in [-0.4, -0.2) is 58.9 Å². The number of benzene rings is 1. The largest absolute Gasteiger partial charge is 0.390 e. The van der Waals surface area contributed by atoms with Crippen LogP contribution < -0.4 is 5.32 Å². The number of carbonyl (C=O) groups is 1. The van der Waals surface area contributed by atoms with Gasteiger partial charge in [-0.1, -0.05) is 37.3 Å². The van der Waals surface area contributed by atoms with Crippen molar-refractivity contribution in [1.82, 2.24) is 10.2 Å². The smallest absolute Gasteiger partial charge is 0.227 e. The number of piperidine rings is 1. The molecule has 5 heteroatoms. The van der Waals surface area contributed by atoms with Crippen LogP contribution in [0.3, 0.4) is 0 Å². The maximum atomic E-state index is 12.4. The molecule has 1 heterocycles. The third-order valence-corrected chi connectivity index (χ3v) is 4.17. The Labute approximate surface area is 131 Å². The van der Waals surface area contributed by atoms with E-state index in [0.29, 0.717) is 25.9 Å². The molecular weight excluding hydrogens is 280 g/mol. The summed E-state index contributed by atoms with van der Waals surface area (Å²) in [6.07, 6.45) is 0.904. The van der Waals surface area contributed by atoms with E-state index < -0.39 is 11.7 Å². The highest BCUT2D eigenvalue weighted by Gasteiger charge is 2.41.